The van der Waals surface area contributed by atoms with Crippen LogP contribution in [0.4, 0.5) is 11.9 Å². The van der Waals surface area contributed by atoms with Gasteiger partial charge in [-0.2, -0.15) is 15.0 Å². The van der Waals surface area contributed by atoms with E-state index in [9.17, 15) is 0 Å². The second-order valence-electron chi connectivity index (χ2n) is 3.53. The second kappa shape index (κ2) is 5.27. The fraction of sp³-hybridized carbons (Fsp3) is 0.667. The van der Waals surface area contributed by atoms with Gasteiger partial charge in [-0.1, -0.05) is 0 Å². The molecule has 7 heteroatoms. The zero-order valence-corrected chi connectivity index (χ0v) is 9.79. The Balaban J connectivity index is 2.04. The lowest BCUT2D eigenvalue weighted by atomic mass is 10.1. The maximum Gasteiger partial charge on any atom is 0.229 e. The topological polar surface area (TPSA) is 72.0 Å². The first-order chi connectivity index (χ1) is 7.78. The zero-order chi connectivity index (χ0) is 11.4. The molecule has 0 aromatic carbocycles. The number of ether oxygens (including phenoxy) is 1. The van der Waals surface area contributed by atoms with Gasteiger partial charge in [0.1, 0.15) is 0 Å². The fourth-order valence-electron chi connectivity index (χ4n) is 1.55. The van der Waals surface area contributed by atoms with Crippen LogP contribution in [0.5, 0.6) is 0 Å². The van der Waals surface area contributed by atoms with E-state index in [1.165, 1.54) is 0 Å². The Labute approximate surface area is 98.8 Å². The molecule has 0 spiro atoms. The van der Waals surface area contributed by atoms with Crippen molar-refractivity contribution in [3.05, 3.63) is 5.28 Å². The third kappa shape index (κ3) is 2.93. The molecule has 88 valence electrons. The lowest BCUT2D eigenvalue weighted by molar-refractivity contribution is 0.0903. The molecule has 2 rings (SSSR count). The summed E-state index contributed by atoms with van der Waals surface area (Å²) in [7, 11) is 1.74. The predicted octanol–water partition coefficient (Wildman–Crippen LogP) is 1.16. The van der Waals surface area contributed by atoms with E-state index in [0.717, 1.165) is 26.1 Å². The summed E-state index contributed by atoms with van der Waals surface area (Å²) in [6.07, 6.45) is 1.91. The number of nitrogens with one attached hydrogen (secondary N) is 2. The SMILES string of the molecule is CNc1nc(Cl)nc(NC2CCOCC2)n1. The first-order valence-corrected chi connectivity index (χ1v) is 5.59. The van der Waals surface area contributed by atoms with Crippen molar-refractivity contribution in [1.29, 1.82) is 0 Å². The van der Waals surface area contributed by atoms with Gasteiger partial charge in [-0.05, 0) is 24.4 Å². The van der Waals surface area contributed by atoms with Gasteiger partial charge >= 0.3 is 0 Å². The molecule has 0 radical (unpaired) electrons. The average molecular weight is 244 g/mol. The highest BCUT2D eigenvalue weighted by atomic mass is 35.5. The molecule has 0 amide bonds. The molecular formula is C9H14ClN5O. The fourth-order valence-corrected chi connectivity index (χ4v) is 1.71. The molecule has 1 saturated heterocycles. The highest BCUT2D eigenvalue weighted by Crippen LogP contribution is 2.14. The Morgan fingerprint density at radius 3 is 2.56 bits per heavy atom. The Kier molecular flexibility index (Phi) is 3.74. The van der Waals surface area contributed by atoms with Crippen molar-refractivity contribution in [2.24, 2.45) is 0 Å². The molecule has 2 heterocycles. The van der Waals surface area contributed by atoms with Crippen LogP contribution in [0.3, 0.4) is 0 Å². The van der Waals surface area contributed by atoms with E-state index in [1.54, 1.807) is 7.05 Å². The summed E-state index contributed by atoms with van der Waals surface area (Å²) in [5.41, 5.74) is 0. The van der Waals surface area contributed by atoms with Crippen molar-refractivity contribution < 1.29 is 4.74 Å². The molecule has 6 nitrogen and oxygen atoms in total. The van der Waals surface area contributed by atoms with E-state index in [1.807, 2.05) is 0 Å². The van der Waals surface area contributed by atoms with Gasteiger partial charge in [-0.3, -0.25) is 0 Å². The molecule has 1 fully saturated rings. The van der Waals surface area contributed by atoms with E-state index in [-0.39, 0.29) is 5.28 Å². The van der Waals surface area contributed by atoms with Crippen molar-refractivity contribution >= 4 is 23.5 Å². The molecule has 1 aromatic rings. The minimum Gasteiger partial charge on any atom is -0.381 e. The molecular weight excluding hydrogens is 230 g/mol. The number of nitrogens with zero attached hydrogens (tertiary/aromatic N) is 3. The summed E-state index contributed by atoms with van der Waals surface area (Å²) in [5.74, 6) is 0.978. The molecule has 0 atom stereocenters. The highest BCUT2D eigenvalue weighted by Gasteiger charge is 2.15. The maximum atomic E-state index is 5.78. The van der Waals surface area contributed by atoms with E-state index in [0.29, 0.717) is 17.9 Å². The Morgan fingerprint density at radius 2 is 1.88 bits per heavy atom. The third-order valence-electron chi connectivity index (χ3n) is 2.39. The van der Waals surface area contributed by atoms with Crippen molar-refractivity contribution in [2.45, 2.75) is 18.9 Å². The van der Waals surface area contributed by atoms with Gasteiger partial charge in [0.15, 0.2) is 0 Å². The molecule has 1 aliphatic rings. The van der Waals surface area contributed by atoms with Crippen LogP contribution in [0.2, 0.25) is 5.28 Å². The van der Waals surface area contributed by atoms with Crippen LogP contribution in [-0.4, -0.2) is 41.3 Å². The lowest BCUT2D eigenvalue weighted by Crippen LogP contribution is -2.28. The molecule has 16 heavy (non-hydrogen) atoms. The molecule has 1 aromatic heterocycles. The van der Waals surface area contributed by atoms with Gasteiger partial charge < -0.3 is 15.4 Å². The van der Waals surface area contributed by atoms with Crippen molar-refractivity contribution in [1.82, 2.24) is 15.0 Å². The summed E-state index contributed by atoms with van der Waals surface area (Å²) >= 11 is 5.78. The zero-order valence-electron chi connectivity index (χ0n) is 9.03. The molecule has 2 N–H and O–H groups in total. The Morgan fingerprint density at radius 1 is 1.19 bits per heavy atom. The van der Waals surface area contributed by atoms with Gasteiger partial charge in [0.25, 0.3) is 0 Å². The number of hydrogen-bond acceptors (Lipinski definition) is 6. The first-order valence-electron chi connectivity index (χ1n) is 5.21. The van der Waals surface area contributed by atoms with Crippen molar-refractivity contribution in [3.8, 4) is 0 Å². The normalized spacial score (nSPS) is 17.1. The van der Waals surface area contributed by atoms with Crippen LogP contribution in [0.15, 0.2) is 0 Å². The second-order valence-corrected chi connectivity index (χ2v) is 3.87. The largest absolute Gasteiger partial charge is 0.381 e. The number of hydrogen-bond donors (Lipinski definition) is 2. The van der Waals surface area contributed by atoms with Crippen LogP contribution in [-0.2, 0) is 4.74 Å². The van der Waals surface area contributed by atoms with Gasteiger partial charge in [0.05, 0.1) is 0 Å². The van der Waals surface area contributed by atoms with E-state index >= 15 is 0 Å². The number of halogens is 1. The quantitative estimate of drug-likeness (QED) is 0.830. The molecule has 0 saturated carbocycles. The lowest BCUT2D eigenvalue weighted by Gasteiger charge is -2.23. The van der Waals surface area contributed by atoms with Gasteiger partial charge in [0, 0.05) is 26.3 Å². The molecule has 0 bridgehead atoms. The summed E-state index contributed by atoms with van der Waals surface area (Å²) in [6.45, 7) is 1.55. The highest BCUT2D eigenvalue weighted by molar-refractivity contribution is 6.28. The van der Waals surface area contributed by atoms with Gasteiger partial charge in [-0.15, -0.1) is 0 Å². The number of aromatic nitrogens is 3. The Hall–Kier alpha value is -1.14. The monoisotopic (exact) mass is 243 g/mol. The number of rotatable bonds is 3. The molecule has 0 unspecified atom stereocenters. The molecule has 1 aliphatic heterocycles. The first kappa shape index (κ1) is 11.3. The van der Waals surface area contributed by atoms with Gasteiger partial charge in [-0.25, -0.2) is 0 Å². The summed E-state index contributed by atoms with van der Waals surface area (Å²) in [5, 5.41) is 6.25. The van der Waals surface area contributed by atoms with E-state index < -0.39 is 0 Å². The van der Waals surface area contributed by atoms with Crippen LogP contribution in [0, 0.1) is 0 Å². The average Bonchev–Trinajstić information content (AvgIpc) is 2.29. The van der Waals surface area contributed by atoms with Crippen molar-refractivity contribution in [2.75, 3.05) is 30.9 Å². The van der Waals surface area contributed by atoms with E-state index in [2.05, 4.69) is 25.6 Å². The van der Waals surface area contributed by atoms with Crippen LogP contribution in [0.1, 0.15) is 12.8 Å². The maximum absolute atomic E-state index is 5.78. The van der Waals surface area contributed by atoms with Crippen LogP contribution >= 0.6 is 11.6 Å². The van der Waals surface area contributed by atoms with Gasteiger partial charge in [0.2, 0.25) is 17.2 Å². The van der Waals surface area contributed by atoms with Crippen molar-refractivity contribution in [3.63, 3.8) is 0 Å². The van der Waals surface area contributed by atoms with E-state index in [4.69, 9.17) is 16.3 Å². The Bertz CT molecular complexity index is 356. The smallest absolute Gasteiger partial charge is 0.229 e. The minimum atomic E-state index is 0.189. The van der Waals surface area contributed by atoms with Crippen LogP contribution < -0.4 is 10.6 Å². The van der Waals surface area contributed by atoms with Crippen LogP contribution in [0.25, 0.3) is 0 Å². The predicted molar refractivity (Wildman–Crippen MR) is 61.8 cm³/mol. The third-order valence-corrected chi connectivity index (χ3v) is 2.56. The molecule has 0 aliphatic carbocycles. The standard InChI is InChI=1S/C9H14ClN5O/c1-11-8-13-7(10)14-9(15-8)12-6-2-4-16-5-3-6/h6H,2-5H2,1H3,(H2,11,12,13,14,15). The summed E-state index contributed by atoms with van der Waals surface area (Å²) in [4.78, 5) is 12.1. The number of anilines is 2. The summed E-state index contributed by atoms with van der Waals surface area (Å²) in [6, 6.07) is 0.344. The minimum absolute atomic E-state index is 0.189. The summed E-state index contributed by atoms with van der Waals surface area (Å²) < 4.78 is 5.27.